The molecule has 27 heavy (non-hydrogen) atoms. The van der Waals surface area contributed by atoms with E-state index >= 15 is 0 Å². The van der Waals surface area contributed by atoms with Crippen molar-refractivity contribution in [1.82, 2.24) is 15.1 Å². The van der Waals surface area contributed by atoms with E-state index in [0.717, 1.165) is 71.3 Å². The van der Waals surface area contributed by atoms with Crippen molar-refractivity contribution in [1.29, 1.82) is 0 Å². The van der Waals surface area contributed by atoms with Crippen molar-refractivity contribution in [3.8, 4) is 0 Å². The fourth-order valence-corrected chi connectivity index (χ4v) is 3.96. The van der Waals surface area contributed by atoms with Crippen LogP contribution in [0.5, 0.6) is 0 Å². The van der Waals surface area contributed by atoms with Gasteiger partial charge in [-0.15, -0.1) is 0 Å². The number of aliphatic imine (C=N–C) groups is 1. The number of guanidine groups is 1. The van der Waals surface area contributed by atoms with E-state index in [-0.39, 0.29) is 5.54 Å². The molecule has 0 aromatic heterocycles. The Morgan fingerprint density at radius 3 is 2.37 bits per heavy atom. The average molecular weight is 374 g/mol. The lowest BCUT2D eigenvalue weighted by Crippen LogP contribution is -2.54. The normalized spacial score (nSPS) is 20.8. The van der Waals surface area contributed by atoms with Gasteiger partial charge in [0.25, 0.3) is 0 Å². The molecular formula is C21H35N5O. The maximum absolute atomic E-state index is 5.59. The van der Waals surface area contributed by atoms with Crippen LogP contribution in [0, 0.1) is 0 Å². The Morgan fingerprint density at radius 1 is 1.11 bits per heavy atom. The summed E-state index contributed by atoms with van der Waals surface area (Å²) in [6.45, 7) is 9.59. The summed E-state index contributed by atoms with van der Waals surface area (Å²) in [6, 6.07) is 10.7. The first-order chi connectivity index (χ1) is 13.1. The first kappa shape index (κ1) is 20.0. The number of benzene rings is 1. The molecule has 6 heteroatoms. The summed E-state index contributed by atoms with van der Waals surface area (Å²) >= 11 is 0. The van der Waals surface area contributed by atoms with E-state index in [1.54, 1.807) is 0 Å². The third kappa shape index (κ3) is 4.93. The van der Waals surface area contributed by atoms with Gasteiger partial charge in [0, 0.05) is 57.2 Å². The molecular weight excluding hydrogens is 338 g/mol. The standard InChI is InChI=1S/C21H35N5O/c1-4-22-20(23-18-21(24(2)3)10-16-27-17-11-21)26-14-12-25(13-15-26)19-8-6-5-7-9-19/h5-9H,4,10-18H2,1-3H3,(H,22,23). The average Bonchev–Trinajstić information content (AvgIpc) is 2.72. The SMILES string of the molecule is CCNC(=NCC1(N(C)C)CCOCC1)N1CCN(c2ccccc2)CC1. The zero-order valence-corrected chi connectivity index (χ0v) is 17.2. The van der Waals surface area contributed by atoms with E-state index in [1.807, 2.05) is 0 Å². The topological polar surface area (TPSA) is 43.3 Å². The molecule has 6 nitrogen and oxygen atoms in total. The third-order valence-electron chi connectivity index (χ3n) is 5.93. The Hall–Kier alpha value is -1.79. The minimum Gasteiger partial charge on any atom is -0.381 e. The van der Waals surface area contributed by atoms with Crippen LogP contribution >= 0.6 is 0 Å². The Morgan fingerprint density at radius 2 is 1.78 bits per heavy atom. The molecule has 1 N–H and O–H groups in total. The minimum absolute atomic E-state index is 0.116. The molecule has 0 amide bonds. The number of piperazine rings is 1. The molecule has 150 valence electrons. The number of anilines is 1. The summed E-state index contributed by atoms with van der Waals surface area (Å²) in [5, 5.41) is 3.51. The highest BCUT2D eigenvalue weighted by Crippen LogP contribution is 2.26. The van der Waals surface area contributed by atoms with Gasteiger partial charge in [-0.3, -0.25) is 4.99 Å². The summed E-state index contributed by atoms with van der Waals surface area (Å²) in [6.07, 6.45) is 2.09. The van der Waals surface area contributed by atoms with Gasteiger partial charge < -0.3 is 24.8 Å². The second-order valence-electron chi connectivity index (χ2n) is 7.71. The highest BCUT2D eigenvalue weighted by atomic mass is 16.5. The summed E-state index contributed by atoms with van der Waals surface area (Å²) < 4.78 is 5.59. The second kappa shape index (κ2) is 9.42. The van der Waals surface area contributed by atoms with Crippen LogP contribution in [0.25, 0.3) is 0 Å². The minimum atomic E-state index is 0.116. The molecule has 3 rings (SSSR count). The molecule has 0 spiro atoms. The number of likely N-dealkylation sites (N-methyl/N-ethyl adjacent to an activating group) is 1. The maximum atomic E-state index is 5.59. The number of nitrogens with zero attached hydrogens (tertiary/aromatic N) is 4. The molecule has 1 aromatic carbocycles. The van der Waals surface area contributed by atoms with Crippen LogP contribution in [0.15, 0.2) is 35.3 Å². The predicted octanol–water partition coefficient (Wildman–Crippen LogP) is 1.88. The summed E-state index contributed by atoms with van der Waals surface area (Å²) in [5.74, 6) is 1.05. The van der Waals surface area contributed by atoms with Gasteiger partial charge in [0.1, 0.15) is 0 Å². The van der Waals surface area contributed by atoms with E-state index in [9.17, 15) is 0 Å². The molecule has 0 aliphatic carbocycles. The second-order valence-corrected chi connectivity index (χ2v) is 7.71. The fraction of sp³-hybridized carbons (Fsp3) is 0.667. The van der Waals surface area contributed by atoms with Crippen LogP contribution in [0.2, 0.25) is 0 Å². The van der Waals surface area contributed by atoms with Crippen molar-refractivity contribution in [2.24, 2.45) is 4.99 Å². The summed E-state index contributed by atoms with van der Waals surface area (Å²) in [4.78, 5) is 12.3. The lowest BCUT2D eigenvalue weighted by molar-refractivity contribution is -0.00264. The van der Waals surface area contributed by atoms with Gasteiger partial charge in [0.2, 0.25) is 0 Å². The van der Waals surface area contributed by atoms with Gasteiger partial charge in [-0.2, -0.15) is 0 Å². The fourth-order valence-electron chi connectivity index (χ4n) is 3.96. The highest BCUT2D eigenvalue weighted by Gasteiger charge is 2.35. The van der Waals surface area contributed by atoms with E-state index in [1.165, 1.54) is 5.69 Å². The van der Waals surface area contributed by atoms with E-state index in [0.29, 0.717) is 0 Å². The molecule has 2 aliphatic rings. The van der Waals surface area contributed by atoms with Gasteiger partial charge in [0.05, 0.1) is 6.54 Å². The van der Waals surface area contributed by atoms with Crippen molar-refractivity contribution >= 4 is 11.6 Å². The molecule has 0 radical (unpaired) electrons. The molecule has 0 bridgehead atoms. The van der Waals surface area contributed by atoms with Crippen molar-refractivity contribution in [3.63, 3.8) is 0 Å². The Kier molecular flexibility index (Phi) is 6.96. The van der Waals surface area contributed by atoms with Crippen LogP contribution in [0.1, 0.15) is 19.8 Å². The van der Waals surface area contributed by atoms with Crippen LogP contribution < -0.4 is 10.2 Å². The molecule has 2 fully saturated rings. The third-order valence-corrected chi connectivity index (χ3v) is 5.93. The van der Waals surface area contributed by atoms with Crippen molar-refractivity contribution in [3.05, 3.63) is 30.3 Å². The number of hydrogen-bond acceptors (Lipinski definition) is 4. The van der Waals surface area contributed by atoms with Crippen LogP contribution in [0.3, 0.4) is 0 Å². The summed E-state index contributed by atoms with van der Waals surface area (Å²) in [5.41, 5.74) is 1.43. The van der Waals surface area contributed by atoms with Crippen LogP contribution in [0.4, 0.5) is 5.69 Å². The van der Waals surface area contributed by atoms with E-state index < -0.39 is 0 Å². The largest absolute Gasteiger partial charge is 0.381 e. The van der Waals surface area contributed by atoms with Crippen LogP contribution in [-0.2, 0) is 4.74 Å². The van der Waals surface area contributed by atoms with E-state index in [4.69, 9.17) is 9.73 Å². The van der Waals surface area contributed by atoms with Gasteiger partial charge >= 0.3 is 0 Å². The van der Waals surface area contributed by atoms with Crippen molar-refractivity contribution < 1.29 is 4.74 Å². The van der Waals surface area contributed by atoms with Gasteiger partial charge in [-0.05, 0) is 46.0 Å². The number of rotatable bonds is 5. The number of hydrogen-bond donors (Lipinski definition) is 1. The molecule has 1 aromatic rings. The quantitative estimate of drug-likeness (QED) is 0.631. The van der Waals surface area contributed by atoms with Crippen molar-refractivity contribution in [2.75, 3.05) is 71.5 Å². The zero-order chi connectivity index (χ0) is 19.1. The molecule has 0 saturated carbocycles. The van der Waals surface area contributed by atoms with Crippen molar-refractivity contribution in [2.45, 2.75) is 25.3 Å². The number of para-hydroxylation sites is 1. The maximum Gasteiger partial charge on any atom is 0.194 e. The lowest BCUT2D eigenvalue weighted by Gasteiger charge is -2.42. The molecule has 2 aliphatic heterocycles. The van der Waals surface area contributed by atoms with Gasteiger partial charge in [-0.25, -0.2) is 0 Å². The summed E-state index contributed by atoms with van der Waals surface area (Å²) in [7, 11) is 4.35. The van der Waals surface area contributed by atoms with E-state index in [2.05, 4.69) is 71.4 Å². The Labute approximate surface area is 164 Å². The molecule has 2 saturated heterocycles. The monoisotopic (exact) mass is 373 g/mol. The smallest absolute Gasteiger partial charge is 0.194 e. The first-order valence-corrected chi connectivity index (χ1v) is 10.2. The highest BCUT2D eigenvalue weighted by molar-refractivity contribution is 5.80. The van der Waals surface area contributed by atoms with Crippen LogP contribution in [-0.4, -0.2) is 87.9 Å². The lowest BCUT2D eigenvalue weighted by atomic mass is 9.89. The first-order valence-electron chi connectivity index (χ1n) is 10.2. The molecule has 0 atom stereocenters. The Bertz CT molecular complexity index is 590. The van der Waals surface area contributed by atoms with Gasteiger partial charge in [0.15, 0.2) is 5.96 Å². The van der Waals surface area contributed by atoms with Gasteiger partial charge in [-0.1, -0.05) is 18.2 Å². The number of ether oxygens (including phenoxy) is 1. The predicted molar refractivity (Wildman–Crippen MR) is 113 cm³/mol. The zero-order valence-electron chi connectivity index (χ0n) is 17.2. The Balaban J connectivity index is 1.64. The molecule has 2 heterocycles. The number of nitrogens with one attached hydrogen (secondary N) is 1. The molecule has 0 unspecified atom stereocenters.